The van der Waals surface area contributed by atoms with Crippen LogP contribution in [0.3, 0.4) is 0 Å². The zero-order valence-electron chi connectivity index (χ0n) is 13.6. The number of rotatable bonds is 3. The fourth-order valence-corrected chi connectivity index (χ4v) is 3.08. The second kappa shape index (κ2) is 6.55. The molecular weight excluding hydrogens is 312 g/mol. The Balaban J connectivity index is 2.08. The van der Waals surface area contributed by atoms with Gasteiger partial charge in [-0.1, -0.05) is 6.07 Å². The molecular formula is C18H19F2N3O. The van der Waals surface area contributed by atoms with Gasteiger partial charge in [0.2, 0.25) is 0 Å². The molecule has 0 atom stereocenters. The molecule has 0 fully saturated rings. The Hall–Kier alpha value is -2.50. The normalized spacial score (nSPS) is 13.8. The van der Waals surface area contributed by atoms with Gasteiger partial charge in [-0.3, -0.25) is 9.78 Å². The molecule has 0 spiro atoms. The summed E-state index contributed by atoms with van der Waals surface area (Å²) < 4.78 is 27.1. The summed E-state index contributed by atoms with van der Waals surface area (Å²) in [6.45, 7) is 0.872. The zero-order valence-corrected chi connectivity index (χ0v) is 13.6. The van der Waals surface area contributed by atoms with Gasteiger partial charge in [-0.15, -0.1) is 0 Å². The highest BCUT2D eigenvalue weighted by atomic mass is 19.3. The van der Waals surface area contributed by atoms with Crippen LogP contribution in [0, 0.1) is 0 Å². The van der Waals surface area contributed by atoms with Crippen LogP contribution in [0.1, 0.15) is 34.5 Å². The minimum atomic E-state index is -2.57. The van der Waals surface area contributed by atoms with E-state index in [1.807, 2.05) is 18.0 Å². The van der Waals surface area contributed by atoms with Crippen molar-refractivity contribution in [2.75, 3.05) is 25.5 Å². The monoisotopic (exact) mass is 331 g/mol. The predicted octanol–water partition coefficient (Wildman–Crippen LogP) is 3.43. The smallest absolute Gasteiger partial charge is 0.269 e. The number of hydrogen-bond acceptors (Lipinski definition) is 3. The molecule has 1 amide bonds. The first-order valence-corrected chi connectivity index (χ1v) is 7.86. The Kier molecular flexibility index (Phi) is 4.46. The second-order valence-corrected chi connectivity index (χ2v) is 5.91. The molecule has 3 rings (SSSR count). The number of anilines is 1. The van der Waals surface area contributed by atoms with Gasteiger partial charge in [-0.05, 0) is 42.2 Å². The van der Waals surface area contributed by atoms with Crippen LogP contribution in [0.5, 0.6) is 0 Å². The molecule has 0 saturated carbocycles. The molecule has 1 aromatic heterocycles. The van der Waals surface area contributed by atoms with Crippen LogP contribution in [0.15, 0.2) is 30.5 Å². The molecule has 126 valence electrons. The van der Waals surface area contributed by atoms with E-state index in [-0.39, 0.29) is 17.2 Å². The average molecular weight is 331 g/mol. The Bertz CT molecular complexity index is 760. The lowest BCUT2D eigenvalue weighted by Gasteiger charge is -2.29. The lowest BCUT2D eigenvalue weighted by atomic mass is 9.93. The quantitative estimate of drug-likeness (QED) is 0.937. The van der Waals surface area contributed by atoms with Gasteiger partial charge in [0.1, 0.15) is 5.69 Å². The summed E-state index contributed by atoms with van der Waals surface area (Å²) in [4.78, 5) is 17.7. The fraction of sp³-hybridized carbons (Fsp3) is 0.333. The highest BCUT2D eigenvalue weighted by Crippen LogP contribution is 2.38. The Morgan fingerprint density at radius 3 is 2.75 bits per heavy atom. The van der Waals surface area contributed by atoms with E-state index in [0.717, 1.165) is 30.6 Å². The van der Waals surface area contributed by atoms with Crippen LogP contribution in [-0.4, -0.2) is 31.5 Å². The van der Waals surface area contributed by atoms with Crippen molar-refractivity contribution in [1.82, 2.24) is 10.3 Å². The van der Waals surface area contributed by atoms with Gasteiger partial charge in [-0.2, -0.15) is 0 Å². The number of nitrogens with zero attached hydrogens (tertiary/aromatic N) is 2. The molecule has 0 radical (unpaired) electrons. The number of fused-ring (bicyclic) bond motifs is 1. The fourth-order valence-electron chi connectivity index (χ4n) is 3.08. The molecule has 1 aliphatic heterocycles. The standard InChI is InChI=1S/C18H19F2N3O/c1-21-18(24)15-6-5-12(10-22-15)13-8-11-4-3-7-23(2)16(11)9-14(13)17(19)20/h5-6,8-10,17H,3-4,7H2,1-2H3,(H,21,24). The van der Waals surface area contributed by atoms with Crippen LogP contribution >= 0.6 is 0 Å². The van der Waals surface area contributed by atoms with Gasteiger partial charge in [-0.25, -0.2) is 8.78 Å². The van der Waals surface area contributed by atoms with Crippen LogP contribution < -0.4 is 10.2 Å². The number of benzene rings is 1. The molecule has 0 unspecified atom stereocenters. The number of hydrogen-bond donors (Lipinski definition) is 1. The van der Waals surface area contributed by atoms with Gasteiger partial charge < -0.3 is 10.2 Å². The summed E-state index contributed by atoms with van der Waals surface area (Å²) in [5.74, 6) is -0.303. The molecule has 1 aromatic carbocycles. The molecule has 0 saturated heterocycles. The minimum absolute atomic E-state index is 0.00278. The van der Waals surface area contributed by atoms with Crippen molar-refractivity contribution in [3.8, 4) is 11.1 Å². The van der Waals surface area contributed by atoms with Crippen LogP contribution in [0.25, 0.3) is 11.1 Å². The summed E-state index contributed by atoms with van der Waals surface area (Å²) in [5.41, 5.74) is 3.27. The summed E-state index contributed by atoms with van der Waals surface area (Å²) in [6, 6.07) is 6.64. The lowest BCUT2D eigenvalue weighted by molar-refractivity contribution is 0.0958. The van der Waals surface area contributed by atoms with Crippen LogP contribution in [0.4, 0.5) is 14.5 Å². The molecule has 2 heterocycles. The summed E-state index contributed by atoms with van der Waals surface area (Å²) >= 11 is 0. The number of carbonyl (C=O) groups is 1. The molecule has 4 nitrogen and oxygen atoms in total. The number of halogens is 2. The summed E-state index contributed by atoms with van der Waals surface area (Å²) in [6.07, 6.45) is 0.786. The number of aromatic nitrogens is 1. The van der Waals surface area contributed by atoms with Gasteiger partial charge in [0.15, 0.2) is 0 Å². The predicted molar refractivity (Wildman–Crippen MR) is 89.6 cm³/mol. The largest absolute Gasteiger partial charge is 0.374 e. The number of amides is 1. The molecule has 2 aromatic rings. The molecule has 0 aliphatic carbocycles. The van der Waals surface area contributed by atoms with Crippen molar-refractivity contribution in [1.29, 1.82) is 0 Å². The molecule has 24 heavy (non-hydrogen) atoms. The van der Waals surface area contributed by atoms with E-state index in [2.05, 4.69) is 10.3 Å². The molecule has 1 aliphatic rings. The Morgan fingerprint density at radius 2 is 2.12 bits per heavy atom. The first-order valence-electron chi connectivity index (χ1n) is 7.86. The average Bonchev–Trinajstić information content (AvgIpc) is 2.60. The summed E-state index contributed by atoms with van der Waals surface area (Å²) in [7, 11) is 3.44. The first-order chi connectivity index (χ1) is 11.5. The Morgan fingerprint density at radius 1 is 1.33 bits per heavy atom. The molecule has 0 bridgehead atoms. The van der Waals surface area contributed by atoms with E-state index in [9.17, 15) is 13.6 Å². The van der Waals surface area contributed by atoms with E-state index in [1.165, 1.54) is 13.2 Å². The minimum Gasteiger partial charge on any atom is -0.374 e. The van der Waals surface area contributed by atoms with Crippen LogP contribution in [-0.2, 0) is 6.42 Å². The molecule has 6 heteroatoms. The van der Waals surface area contributed by atoms with E-state index < -0.39 is 6.43 Å². The maximum absolute atomic E-state index is 13.6. The highest BCUT2D eigenvalue weighted by molar-refractivity contribution is 5.92. The van der Waals surface area contributed by atoms with Gasteiger partial charge in [0.25, 0.3) is 12.3 Å². The third-order valence-corrected chi connectivity index (χ3v) is 4.37. The van der Waals surface area contributed by atoms with Gasteiger partial charge >= 0.3 is 0 Å². The van der Waals surface area contributed by atoms with Crippen molar-refractivity contribution in [2.24, 2.45) is 0 Å². The number of pyridine rings is 1. The SMILES string of the molecule is CNC(=O)c1ccc(-c2cc3c(cc2C(F)F)N(C)CCC3)cn1. The number of carbonyl (C=O) groups excluding carboxylic acids is 1. The Labute approximate surface area is 139 Å². The van der Waals surface area contributed by atoms with Gasteiger partial charge in [0, 0.05) is 43.7 Å². The van der Waals surface area contributed by atoms with E-state index in [4.69, 9.17) is 0 Å². The number of nitrogens with one attached hydrogen (secondary N) is 1. The zero-order chi connectivity index (χ0) is 17.3. The third-order valence-electron chi connectivity index (χ3n) is 4.37. The lowest BCUT2D eigenvalue weighted by Crippen LogP contribution is -2.25. The van der Waals surface area contributed by atoms with E-state index >= 15 is 0 Å². The van der Waals surface area contributed by atoms with Crippen molar-refractivity contribution in [3.63, 3.8) is 0 Å². The van der Waals surface area contributed by atoms with Crippen molar-refractivity contribution in [2.45, 2.75) is 19.3 Å². The number of aryl methyl sites for hydroxylation is 1. The van der Waals surface area contributed by atoms with Crippen molar-refractivity contribution in [3.05, 3.63) is 47.3 Å². The number of alkyl halides is 2. The van der Waals surface area contributed by atoms with Crippen molar-refractivity contribution >= 4 is 11.6 Å². The second-order valence-electron chi connectivity index (χ2n) is 5.91. The van der Waals surface area contributed by atoms with E-state index in [1.54, 1.807) is 18.2 Å². The maximum Gasteiger partial charge on any atom is 0.269 e. The first kappa shape index (κ1) is 16.4. The highest BCUT2D eigenvalue weighted by Gasteiger charge is 2.22. The molecule has 1 N–H and O–H groups in total. The van der Waals surface area contributed by atoms with E-state index in [0.29, 0.717) is 11.1 Å². The third kappa shape index (κ3) is 2.96. The topological polar surface area (TPSA) is 45.2 Å². The summed E-state index contributed by atoms with van der Waals surface area (Å²) in [5, 5.41) is 2.49. The van der Waals surface area contributed by atoms with Gasteiger partial charge in [0.05, 0.1) is 0 Å². The van der Waals surface area contributed by atoms with Crippen molar-refractivity contribution < 1.29 is 13.6 Å². The van der Waals surface area contributed by atoms with Crippen LogP contribution in [0.2, 0.25) is 0 Å². The maximum atomic E-state index is 13.6.